The summed E-state index contributed by atoms with van der Waals surface area (Å²) in [4.78, 5) is 15.2. The fourth-order valence-electron chi connectivity index (χ4n) is 1.73. The van der Waals surface area contributed by atoms with E-state index in [0.29, 0.717) is 18.6 Å². The molecule has 0 aromatic carbocycles. The third kappa shape index (κ3) is 3.42. The summed E-state index contributed by atoms with van der Waals surface area (Å²) in [5.41, 5.74) is 1.04. The average molecular weight is 261 g/mol. The summed E-state index contributed by atoms with van der Waals surface area (Å²) in [5, 5.41) is 9.98. The normalized spacial score (nSPS) is 12.1. The van der Waals surface area contributed by atoms with Crippen LogP contribution in [0.3, 0.4) is 0 Å². The zero-order valence-electron chi connectivity index (χ0n) is 10.6. The van der Waals surface area contributed by atoms with E-state index in [1.54, 1.807) is 18.5 Å². The van der Waals surface area contributed by atoms with Crippen LogP contribution in [-0.2, 0) is 11.2 Å². The Morgan fingerprint density at radius 1 is 1.47 bits per heavy atom. The Hall–Kier alpha value is -2.14. The number of methoxy groups -OCH3 is 1. The lowest BCUT2D eigenvalue weighted by molar-refractivity contribution is 0.0553. The molecule has 1 unspecified atom stereocenters. The molecule has 2 heterocycles. The molecule has 0 saturated carbocycles. The topological polar surface area (TPSA) is 72.6 Å². The Morgan fingerprint density at radius 2 is 2.32 bits per heavy atom. The highest BCUT2D eigenvalue weighted by molar-refractivity contribution is 5.86. The molecule has 19 heavy (non-hydrogen) atoms. The number of rotatable bonds is 5. The van der Waals surface area contributed by atoms with Gasteiger partial charge in [-0.15, -0.1) is 0 Å². The first-order valence-corrected chi connectivity index (χ1v) is 5.95. The van der Waals surface area contributed by atoms with E-state index in [2.05, 4.69) is 9.72 Å². The van der Waals surface area contributed by atoms with Crippen molar-refractivity contribution in [3.05, 3.63) is 53.7 Å². The second-order valence-corrected chi connectivity index (χ2v) is 4.11. The molecule has 5 nitrogen and oxygen atoms in total. The molecule has 0 saturated heterocycles. The maximum Gasteiger partial charge on any atom is 0.373 e. The highest BCUT2D eigenvalue weighted by atomic mass is 16.5. The molecule has 0 aliphatic carbocycles. The van der Waals surface area contributed by atoms with Crippen molar-refractivity contribution < 1.29 is 19.1 Å². The number of hydrogen-bond acceptors (Lipinski definition) is 5. The summed E-state index contributed by atoms with van der Waals surface area (Å²) in [7, 11) is 1.28. The molecular weight excluding hydrogens is 246 g/mol. The number of carbonyl (C=O) groups is 1. The van der Waals surface area contributed by atoms with E-state index in [1.807, 2.05) is 12.1 Å². The fourth-order valence-corrected chi connectivity index (χ4v) is 1.73. The third-order valence-electron chi connectivity index (χ3n) is 2.77. The van der Waals surface area contributed by atoms with Crippen molar-refractivity contribution in [1.82, 2.24) is 4.98 Å². The van der Waals surface area contributed by atoms with Crippen molar-refractivity contribution in [3.8, 4) is 0 Å². The van der Waals surface area contributed by atoms with Gasteiger partial charge >= 0.3 is 5.97 Å². The molecule has 100 valence electrons. The molecule has 0 radical (unpaired) electrons. The average Bonchev–Trinajstić information content (AvgIpc) is 2.95. The minimum Gasteiger partial charge on any atom is -0.463 e. The van der Waals surface area contributed by atoms with E-state index in [0.717, 1.165) is 5.56 Å². The number of ether oxygens (including phenoxy) is 1. The number of furan rings is 1. The Morgan fingerprint density at radius 3 is 3.00 bits per heavy atom. The van der Waals surface area contributed by atoms with Gasteiger partial charge in [0, 0.05) is 12.4 Å². The number of pyridine rings is 1. The van der Waals surface area contributed by atoms with Crippen LogP contribution in [0.1, 0.15) is 34.4 Å². The Bertz CT molecular complexity index is 535. The predicted molar refractivity (Wildman–Crippen MR) is 67.6 cm³/mol. The molecule has 0 spiro atoms. The van der Waals surface area contributed by atoms with Crippen LogP contribution in [0.5, 0.6) is 0 Å². The van der Waals surface area contributed by atoms with E-state index in [4.69, 9.17) is 4.42 Å². The number of aliphatic hydroxyl groups is 1. The zero-order valence-corrected chi connectivity index (χ0v) is 10.6. The van der Waals surface area contributed by atoms with E-state index < -0.39 is 12.1 Å². The lowest BCUT2D eigenvalue weighted by Crippen LogP contribution is -2.00. The number of aromatic nitrogens is 1. The molecule has 5 heteroatoms. The number of carbonyl (C=O) groups excluding carboxylic acids is 1. The molecule has 2 rings (SSSR count). The lowest BCUT2D eigenvalue weighted by atomic mass is 10.1. The summed E-state index contributed by atoms with van der Waals surface area (Å²) in [6.45, 7) is 0. The smallest absolute Gasteiger partial charge is 0.373 e. The summed E-state index contributed by atoms with van der Waals surface area (Å²) >= 11 is 0. The molecular formula is C14H15NO4. The highest BCUT2D eigenvalue weighted by Crippen LogP contribution is 2.21. The Balaban J connectivity index is 1.94. The number of aryl methyl sites for hydroxylation is 1. The second-order valence-electron chi connectivity index (χ2n) is 4.11. The Labute approximate surface area is 110 Å². The van der Waals surface area contributed by atoms with Crippen molar-refractivity contribution in [2.24, 2.45) is 0 Å². The van der Waals surface area contributed by atoms with Crippen molar-refractivity contribution in [3.63, 3.8) is 0 Å². The largest absolute Gasteiger partial charge is 0.463 e. The quantitative estimate of drug-likeness (QED) is 0.835. The molecule has 2 aromatic heterocycles. The summed E-state index contributed by atoms with van der Waals surface area (Å²) in [5.74, 6) is -0.0899. The lowest BCUT2D eigenvalue weighted by Gasteiger charge is -2.07. The van der Waals surface area contributed by atoms with Gasteiger partial charge < -0.3 is 14.3 Å². The van der Waals surface area contributed by atoms with Crippen molar-refractivity contribution >= 4 is 5.97 Å². The molecule has 0 fully saturated rings. The summed E-state index contributed by atoms with van der Waals surface area (Å²) < 4.78 is 9.78. The first-order chi connectivity index (χ1) is 9.20. The monoisotopic (exact) mass is 261 g/mol. The van der Waals surface area contributed by atoms with E-state index in [-0.39, 0.29) is 5.76 Å². The first kappa shape index (κ1) is 13.3. The van der Waals surface area contributed by atoms with Gasteiger partial charge in [0.05, 0.1) is 7.11 Å². The van der Waals surface area contributed by atoms with Crippen LogP contribution >= 0.6 is 0 Å². The fraction of sp³-hybridized carbons (Fsp3) is 0.286. The van der Waals surface area contributed by atoms with E-state index in [9.17, 15) is 9.90 Å². The second kappa shape index (κ2) is 6.15. The molecule has 1 N–H and O–H groups in total. The van der Waals surface area contributed by atoms with Gasteiger partial charge in [-0.2, -0.15) is 0 Å². The van der Waals surface area contributed by atoms with Gasteiger partial charge in [-0.1, -0.05) is 6.07 Å². The van der Waals surface area contributed by atoms with Crippen LogP contribution in [0.15, 0.2) is 41.1 Å². The van der Waals surface area contributed by atoms with Gasteiger partial charge in [-0.05, 0) is 36.6 Å². The number of aliphatic hydroxyl groups excluding tert-OH is 1. The number of nitrogens with zero attached hydrogens (tertiary/aromatic N) is 1. The zero-order chi connectivity index (χ0) is 13.7. The Kier molecular flexibility index (Phi) is 4.30. The molecule has 2 aromatic rings. The van der Waals surface area contributed by atoms with Crippen LogP contribution in [0.4, 0.5) is 0 Å². The van der Waals surface area contributed by atoms with Gasteiger partial charge in [0.25, 0.3) is 0 Å². The van der Waals surface area contributed by atoms with Gasteiger partial charge in [0.2, 0.25) is 5.76 Å². The van der Waals surface area contributed by atoms with Crippen LogP contribution < -0.4 is 0 Å². The van der Waals surface area contributed by atoms with Crippen molar-refractivity contribution in [2.45, 2.75) is 18.9 Å². The van der Waals surface area contributed by atoms with Crippen molar-refractivity contribution in [1.29, 1.82) is 0 Å². The first-order valence-electron chi connectivity index (χ1n) is 5.95. The van der Waals surface area contributed by atoms with Gasteiger partial charge in [0.15, 0.2) is 0 Å². The summed E-state index contributed by atoms with van der Waals surface area (Å²) in [6.07, 6.45) is 3.89. The molecule has 0 aliphatic rings. The van der Waals surface area contributed by atoms with Crippen LogP contribution in [0.2, 0.25) is 0 Å². The SMILES string of the molecule is COC(=O)c1ccc(C(O)CCc2cccnc2)o1. The van der Waals surface area contributed by atoms with Gasteiger partial charge in [-0.25, -0.2) is 4.79 Å². The van der Waals surface area contributed by atoms with Gasteiger partial charge in [-0.3, -0.25) is 4.98 Å². The molecule has 0 aliphatic heterocycles. The minimum absolute atomic E-state index is 0.0953. The number of hydrogen-bond donors (Lipinski definition) is 1. The van der Waals surface area contributed by atoms with Gasteiger partial charge in [0.1, 0.15) is 11.9 Å². The summed E-state index contributed by atoms with van der Waals surface area (Å²) in [6, 6.07) is 6.88. The maximum atomic E-state index is 11.2. The molecule has 0 amide bonds. The molecule has 1 atom stereocenters. The standard InChI is InChI=1S/C14H15NO4/c1-18-14(17)13-7-6-12(19-13)11(16)5-4-10-3-2-8-15-9-10/h2-3,6-9,11,16H,4-5H2,1H3. The van der Waals surface area contributed by atoms with E-state index in [1.165, 1.54) is 13.2 Å². The van der Waals surface area contributed by atoms with Crippen LogP contribution in [0, 0.1) is 0 Å². The number of esters is 1. The van der Waals surface area contributed by atoms with Crippen molar-refractivity contribution in [2.75, 3.05) is 7.11 Å². The maximum absolute atomic E-state index is 11.2. The third-order valence-corrected chi connectivity index (χ3v) is 2.77. The molecule has 0 bridgehead atoms. The predicted octanol–water partition coefficient (Wildman–Crippen LogP) is 2.13. The van der Waals surface area contributed by atoms with E-state index >= 15 is 0 Å². The van der Waals surface area contributed by atoms with Crippen LogP contribution in [0.25, 0.3) is 0 Å². The highest BCUT2D eigenvalue weighted by Gasteiger charge is 2.16. The van der Waals surface area contributed by atoms with Crippen LogP contribution in [-0.4, -0.2) is 23.2 Å². The minimum atomic E-state index is -0.751.